The van der Waals surface area contributed by atoms with Gasteiger partial charge in [-0.1, -0.05) is 36.4 Å². The van der Waals surface area contributed by atoms with E-state index in [1.165, 1.54) is 18.3 Å². The Balaban J connectivity index is 1.72. The molecule has 27 heavy (non-hydrogen) atoms. The fourth-order valence-electron chi connectivity index (χ4n) is 2.58. The number of para-hydroxylation sites is 1. The Hall–Kier alpha value is -3.41. The van der Waals surface area contributed by atoms with Gasteiger partial charge in [-0.2, -0.15) is 0 Å². The highest BCUT2D eigenvalue weighted by Gasteiger charge is 2.10. The molecule has 6 heteroatoms. The number of hydrogen-bond acceptors (Lipinski definition) is 3. The summed E-state index contributed by atoms with van der Waals surface area (Å²) in [6.45, 7) is 1.69. The van der Waals surface area contributed by atoms with Gasteiger partial charge in [-0.15, -0.1) is 0 Å². The van der Waals surface area contributed by atoms with Crippen LogP contribution >= 0.6 is 0 Å². The van der Waals surface area contributed by atoms with E-state index in [0.29, 0.717) is 16.9 Å². The van der Waals surface area contributed by atoms with Crippen LogP contribution in [0.5, 0.6) is 5.75 Å². The molecule has 0 spiro atoms. The fourth-order valence-corrected chi connectivity index (χ4v) is 2.58. The first-order valence-corrected chi connectivity index (χ1v) is 8.45. The molecule has 1 N–H and O–H groups in total. The molecule has 0 aliphatic heterocycles. The zero-order chi connectivity index (χ0) is 19.2. The second-order valence-electron chi connectivity index (χ2n) is 6.07. The normalized spacial score (nSPS) is 10.4. The maximum Gasteiger partial charge on any atom is 0.244 e. The number of hydrogen-bond donors (Lipinski definition) is 1. The molecule has 3 rings (SSSR count). The lowest BCUT2D eigenvalue weighted by Crippen LogP contribution is -2.22. The van der Waals surface area contributed by atoms with Crippen LogP contribution in [0.25, 0.3) is 0 Å². The van der Waals surface area contributed by atoms with E-state index in [9.17, 15) is 14.0 Å². The first kappa shape index (κ1) is 18.4. The van der Waals surface area contributed by atoms with Crippen molar-refractivity contribution in [3.63, 3.8) is 0 Å². The predicted octanol–water partition coefficient (Wildman–Crippen LogP) is 3.51. The third kappa shape index (κ3) is 4.82. The van der Waals surface area contributed by atoms with E-state index in [1.807, 2.05) is 18.2 Å². The van der Waals surface area contributed by atoms with Gasteiger partial charge in [-0.3, -0.25) is 9.59 Å². The van der Waals surface area contributed by atoms with Crippen molar-refractivity contribution in [3.8, 4) is 5.75 Å². The average molecular weight is 366 g/mol. The number of amides is 1. The lowest BCUT2D eigenvalue weighted by atomic mass is 10.2. The number of rotatable bonds is 6. The summed E-state index contributed by atoms with van der Waals surface area (Å²) < 4.78 is 20.8. The second kappa shape index (κ2) is 8.31. The number of benzene rings is 2. The van der Waals surface area contributed by atoms with Crippen molar-refractivity contribution in [1.82, 2.24) is 4.57 Å². The molecule has 0 aliphatic carbocycles. The van der Waals surface area contributed by atoms with Gasteiger partial charge in [0.15, 0.2) is 5.75 Å². The van der Waals surface area contributed by atoms with Crippen molar-refractivity contribution in [1.29, 1.82) is 0 Å². The molecule has 2 aromatic carbocycles. The summed E-state index contributed by atoms with van der Waals surface area (Å²) in [6, 6.07) is 16.7. The molecule has 0 bridgehead atoms. The molecule has 0 aliphatic rings. The van der Waals surface area contributed by atoms with E-state index in [0.717, 1.165) is 0 Å². The number of aromatic nitrogens is 1. The van der Waals surface area contributed by atoms with Gasteiger partial charge in [0.25, 0.3) is 0 Å². The third-order valence-electron chi connectivity index (χ3n) is 4.02. The van der Waals surface area contributed by atoms with E-state index >= 15 is 0 Å². The summed E-state index contributed by atoms with van der Waals surface area (Å²) in [5, 5.41) is 2.79. The predicted molar refractivity (Wildman–Crippen MR) is 101 cm³/mol. The van der Waals surface area contributed by atoms with Gasteiger partial charge in [-0.25, -0.2) is 4.39 Å². The van der Waals surface area contributed by atoms with Crippen LogP contribution in [0, 0.1) is 12.7 Å². The van der Waals surface area contributed by atoms with Crippen LogP contribution in [0.4, 0.5) is 10.1 Å². The van der Waals surface area contributed by atoms with Gasteiger partial charge in [0.2, 0.25) is 11.3 Å². The van der Waals surface area contributed by atoms with Crippen molar-refractivity contribution < 1.29 is 13.9 Å². The Morgan fingerprint density at radius 1 is 1.11 bits per heavy atom. The van der Waals surface area contributed by atoms with Crippen LogP contribution in [0.2, 0.25) is 0 Å². The number of ether oxygens (including phenoxy) is 1. The quantitative estimate of drug-likeness (QED) is 0.726. The Labute approximate surface area is 156 Å². The zero-order valence-corrected chi connectivity index (χ0v) is 14.8. The van der Waals surface area contributed by atoms with Crippen molar-refractivity contribution in [2.75, 3.05) is 5.32 Å². The summed E-state index contributed by atoms with van der Waals surface area (Å²) in [5.74, 6) is -0.559. The average Bonchev–Trinajstić information content (AvgIpc) is 2.65. The number of carbonyl (C=O) groups excluding carboxylic acids is 1. The summed E-state index contributed by atoms with van der Waals surface area (Å²) in [6.07, 6.45) is 1.48. The van der Waals surface area contributed by atoms with E-state index in [2.05, 4.69) is 5.32 Å². The van der Waals surface area contributed by atoms with Gasteiger partial charge >= 0.3 is 0 Å². The van der Waals surface area contributed by atoms with Gasteiger partial charge in [0, 0.05) is 23.0 Å². The number of halogens is 1. The molecule has 0 atom stereocenters. The van der Waals surface area contributed by atoms with Crippen molar-refractivity contribution in [2.45, 2.75) is 20.1 Å². The van der Waals surface area contributed by atoms with Crippen LogP contribution in [0.1, 0.15) is 11.3 Å². The number of pyridine rings is 1. The van der Waals surface area contributed by atoms with Gasteiger partial charge in [0.05, 0.1) is 6.20 Å². The Kier molecular flexibility index (Phi) is 5.66. The molecular weight excluding hydrogens is 347 g/mol. The second-order valence-corrected chi connectivity index (χ2v) is 6.07. The zero-order valence-electron chi connectivity index (χ0n) is 14.8. The molecular formula is C21H19FN2O3. The topological polar surface area (TPSA) is 60.3 Å². The van der Waals surface area contributed by atoms with Gasteiger partial charge in [-0.05, 0) is 25.1 Å². The van der Waals surface area contributed by atoms with Gasteiger partial charge < -0.3 is 14.6 Å². The molecule has 3 aromatic rings. The Morgan fingerprint density at radius 3 is 2.56 bits per heavy atom. The molecule has 0 saturated heterocycles. The molecule has 5 nitrogen and oxygen atoms in total. The largest absolute Gasteiger partial charge is 0.483 e. The van der Waals surface area contributed by atoms with Crippen LogP contribution in [0.15, 0.2) is 71.7 Å². The maximum absolute atomic E-state index is 13.7. The summed E-state index contributed by atoms with van der Waals surface area (Å²) in [4.78, 5) is 24.4. The minimum absolute atomic E-state index is 0.0249. The van der Waals surface area contributed by atoms with E-state index < -0.39 is 5.82 Å². The third-order valence-corrected chi connectivity index (χ3v) is 4.02. The van der Waals surface area contributed by atoms with Crippen LogP contribution in [-0.4, -0.2) is 10.5 Å². The highest BCUT2D eigenvalue weighted by atomic mass is 19.1. The monoisotopic (exact) mass is 366 g/mol. The van der Waals surface area contributed by atoms with Crippen molar-refractivity contribution in [2.24, 2.45) is 0 Å². The van der Waals surface area contributed by atoms with Gasteiger partial charge in [0.1, 0.15) is 19.0 Å². The maximum atomic E-state index is 13.7. The van der Waals surface area contributed by atoms with Crippen LogP contribution < -0.4 is 15.5 Å². The Bertz CT molecular complexity index is 1000. The number of aryl methyl sites for hydroxylation is 1. The summed E-state index contributed by atoms with van der Waals surface area (Å²) in [5.41, 5.74) is 1.35. The van der Waals surface area contributed by atoms with E-state index in [1.54, 1.807) is 41.8 Å². The molecule has 0 radical (unpaired) electrons. The van der Waals surface area contributed by atoms with E-state index in [4.69, 9.17) is 4.74 Å². The molecule has 0 saturated carbocycles. The van der Waals surface area contributed by atoms with Crippen LogP contribution in [-0.2, 0) is 17.9 Å². The molecule has 138 valence electrons. The molecule has 0 unspecified atom stereocenters. The fraction of sp³-hybridized carbons (Fsp3) is 0.143. The lowest BCUT2D eigenvalue weighted by Gasteiger charge is -2.13. The number of carbonyl (C=O) groups is 1. The molecule has 1 heterocycles. The minimum atomic E-state index is -0.396. The highest BCUT2D eigenvalue weighted by Crippen LogP contribution is 2.12. The first-order chi connectivity index (χ1) is 13.0. The van der Waals surface area contributed by atoms with Crippen molar-refractivity contribution in [3.05, 3.63) is 94.2 Å². The number of nitrogens with one attached hydrogen (secondary N) is 1. The standard InChI is InChI=1S/C21H19FN2O3/c1-15-11-19(25)20(27-14-16-7-5-6-10-18(16)22)12-24(15)13-21(26)23-17-8-3-2-4-9-17/h2-12H,13-14H2,1H3,(H,23,26). The lowest BCUT2D eigenvalue weighted by molar-refractivity contribution is -0.116. The number of anilines is 1. The SMILES string of the molecule is Cc1cc(=O)c(OCc2ccccc2F)cn1CC(=O)Nc1ccccc1. The smallest absolute Gasteiger partial charge is 0.244 e. The number of nitrogens with zero attached hydrogens (tertiary/aromatic N) is 1. The molecule has 0 fully saturated rings. The van der Waals surface area contributed by atoms with E-state index in [-0.39, 0.29) is 30.2 Å². The first-order valence-electron chi connectivity index (χ1n) is 8.45. The minimum Gasteiger partial charge on any atom is -0.483 e. The van der Waals surface area contributed by atoms with Crippen molar-refractivity contribution >= 4 is 11.6 Å². The summed E-state index contributed by atoms with van der Waals surface area (Å²) >= 11 is 0. The summed E-state index contributed by atoms with van der Waals surface area (Å²) in [7, 11) is 0. The Morgan fingerprint density at radius 2 is 1.81 bits per heavy atom. The molecule has 1 aromatic heterocycles. The molecule has 1 amide bonds. The van der Waals surface area contributed by atoms with Crippen LogP contribution in [0.3, 0.4) is 0 Å². The highest BCUT2D eigenvalue weighted by molar-refractivity contribution is 5.90.